The fourth-order valence-corrected chi connectivity index (χ4v) is 2.95. The largest absolute Gasteiger partial charge is 0.476 e. The molecule has 1 aliphatic carbocycles. The smallest absolute Gasteiger partial charge is 0.234 e. The minimum absolute atomic E-state index is 0.479. The van der Waals surface area contributed by atoms with Gasteiger partial charge in [-0.25, -0.2) is 0 Å². The van der Waals surface area contributed by atoms with Crippen LogP contribution < -0.4 is 10.1 Å². The molecule has 1 heterocycles. The van der Waals surface area contributed by atoms with E-state index in [0.29, 0.717) is 34.3 Å². The highest BCUT2D eigenvalue weighted by atomic mass is 35.5. The van der Waals surface area contributed by atoms with Gasteiger partial charge in [0.2, 0.25) is 5.88 Å². The number of anilines is 1. The highest BCUT2D eigenvalue weighted by molar-refractivity contribution is 6.36. The second-order valence-electron chi connectivity index (χ2n) is 5.35. The zero-order valence-corrected chi connectivity index (χ0v) is 13.4. The molecule has 2 rings (SSSR count). The number of pyridine rings is 1. The van der Waals surface area contributed by atoms with Crippen LogP contribution in [-0.2, 0) is 0 Å². The monoisotopic (exact) mass is 316 g/mol. The van der Waals surface area contributed by atoms with E-state index in [0.717, 1.165) is 13.0 Å². The van der Waals surface area contributed by atoms with E-state index in [1.807, 2.05) is 0 Å². The van der Waals surface area contributed by atoms with Crippen molar-refractivity contribution in [1.29, 1.82) is 0 Å². The van der Waals surface area contributed by atoms with Crippen LogP contribution in [-0.4, -0.2) is 18.1 Å². The summed E-state index contributed by atoms with van der Waals surface area (Å²) in [4.78, 5) is 4.40. The van der Waals surface area contributed by atoms with E-state index in [-0.39, 0.29) is 0 Å². The number of hydrogen-bond acceptors (Lipinski definition) is 3. The lowest BCUT2D eigenvalue weighted by Gasteiger charge is -2.21. The van der Waals surface area contributed by atoms with Gasteiger partial charge in [-0.15, -0.1) is 0 Å². The Morgan fingerprint density at radius 3 is 2.70 bits per heavy atom. The molecular formula is C15H22Cl2N2O. The number of halogens is 2. The Balaban J connectivity index is 1.98. The van der Waals surface area contributed by atoms with E-state index in [2.05, 4.69) is 17.2 Å². The maximum absolute atomic E-state index is 6.15. The van der Waals surface area contributed by atoms with Gasteiger partial charge in [-0.1, -0.05) is 49.4 Å². The summed E-state index contributed by atoms with van der Waals surface area (Å²) < 4.78 is 5.81. The lowest BCUT2D eigenvalue weighted by Crippen LogP contribution is -2.16. The van der Waals surface area contributed by atoms with Crippen molar-refractivity contribution in [2.24, 2.45) is 5.92 Å². The van der Waals surface area contributed by atoms with Crippen LogP contribution in [0.3, 0.4) is 0 Å². The Kier molecular flexibility index (Phi) is 6.24. The first-order chi connectivity index (χ1) is 9.70. The highest BCUT2D eigenvalue weighted by Gasteiger charge is 2.16. The number of aromatic nitrogens is 1. The van der Waals surface area contributed by atoms with Crippen molar-refractivity contribution in [3.63, 3.8) is 0 Å². The Morgan fingerprint density at radius 2 is 2.00 bits per heavy atom. The molecule has 0 bridgehead atoms. The summed E-state index contributed by atoms with van der Waals surface area (Å²) in [6.07, 6.45) is 7.46. The maximum atomic E-state index is 6.15. The fraction of sp³-hybridized carbons (Fsp3) is 0.667. The van der Waals surface area contributed by atoms with Crippen molar-refractivity contribution in [1.82, 2.24) is 4.98 Å². The molecule has 112 valence electrons. The molecule has 1 aliphatic rings. The van der Waals surface area contributed by atoms with Crippen LogP contribution in [0.25, 0.3) is 0 Å². The van der Waals surface area contributed by atoms with Gasteiger partial charge in [-0.3, -0.25) is 0 Å². The van der Waals surface area contributed by atoms with Crippen LogP contribution in [0.5, 0.6) is 5.88 Å². The molecule has 0 aliphatic heterocycles. The summed E-state index contributed by atoms with van der Waals surface area (Å²) in [6, 6.07) is 1.70. The van der Waals surface area contributed by atoms with Gasteiger partial charge in [0.1, 0.15) is 10.8 Å². The molecule has 20 heavy (non-hydrogen) atoms. The molecule has 3 nitrogen and oxygen atoms in total. The van der Waals surface area contributed by atoms with Crippen molar-refractivity contribution in [2.45, 2.75) is 45.4 Å². The third-order valence-corrected chi connectivity index (χ3v) is 4.18. The molecule has 1 N–H and O–H groups in total. The number of hydrogen-bond donors (Lipinski definition) is 1. The van der Waals surface area contributed by atoms with Crippen LogP contribution in [0.1, 0.15) is 45.4 Å². The number of ether oxygens (including phenoxy) is 1. The molecule has 1 aromatic rings. The summed E-state index contributed by atoms with van der Waals surface area (Å²) in [5.74, 6) is 1.76. The van der Waals surface area contributed by atoms with Crippen LogP contribution in [0.2, 0.25) is 10.0 Å². The standard InChI is InChI=1S/C15H22Cl2N2O/c1-2-8-18-14-12(16)9-13(17)15(19-14)20-10-11-6-4-3-5-7-11/h9,11H,2-8,10H2,1H3,(H,18,19). The summed E-state index contributed by atoms with van der Waals surface area (Å²) in [5, 5.41) is 4.20. The highest BCUT2D eigenvalue weighted by Crippen LogP contribution is 2.32. The Labute approximate surface area is 131 Å². The maximum Gasteiger partial charge on any atom is 0.234 e. The van der Waals surface area contributed by atoms with E-state index in [9.17, 15) is 0 Å². The Morgan fingerprint density at radius 1 is 1.25 bits per heavy atom. The number of nitrogens with zero attached hydrogens (tertiary/aromatic N) is 1. The second kappa shape index (κ2) is 7.94. The molecule has 0 radical (unpaired) electrons. The molecule has 1 aromatic heterocycles. The topological polar surface area (TPSA) is 34.2 Å². The van der Waals surface area contributed by atoms with Crippen molar-refractivity contribution < 1.29 is 4.74 Å². The van der Waals surface area contributed by atoms with Gasteiger partial charge in [0, 0.05) is 6.54 Å². The molecule has 0 aromatic carbocycles. The van der Waals surface area contributed by atoms with Crippen LogP contribution in [0, 0.1) is 5.92 Å². The van der Waals surface area contributed by atoms with E-state index < -0.39 is 0 Å². The lowest BCUT2D eigenvalue weighted by molar-refractivity contribution is 0.203. The van der Waals surface area contributed by atoms with E-state index >= 15 is 0 Å². The van der Waals surface area contributed by atoms with Gasteiger partial charge in [-0.2, -0.15) is 4.98 Å². The van der Waals surface area contributed by atoms with Crippen molar-refractivity contribution in [2.75, 3.05) is 18.5 Å². The Hall–Kier alpha value is -0.670. The third-order valence-electron chi connectivity index (χ3n) is 3.62. The SMILES string of the molecule is CCCNc1nc(OCC2CCCCC2)c(Cl)cc1Cl. The summed E-state index contributed by atoms with van der Waals surface area (Å²) in [7, 11) is 0. The van der Waals surface area contributed by atoms with Gasteiger partial charge < -0.3 is 10.1 Å². The fourth-order valence-electron chi connectivity index (χ4n) is 2.47. The van der Waals surface area contributed by atoms with Crippen molar-refractivity contribution >= 4 is 29.0 Å². The lowest BCUT2D eigenvalue weighted by atomic mass is 9.90. The first kappa shape index (κ1) is 15.7. The molecule has 0 amide bonds. The third kappa shape index (κ3) is 4.42. The molecule has 1 saturated carbocycles. The summed E-state index contributed by atoms with van der Waals surface area (Å²) in [6.45, 7) is 3.62. The second-order valence-corrected chi connectivity index (χ2v) is 6.16. The minimum atomic E-state index is 0.479. The first-order valence-electron chi connectivity index (χ1n) is 7.43. The van der Waals surface area contributed by atoms with Gasteiger partial charge in [0.05, 0.1) is 11.6 Å². The molecule has 0 saturated heterocycles. The van der Waals surface area contributed by atoms with Gasteiger partial charge in [0.15, 0.2) is 0 Å². The number of rotatable bonds is 6. The summed E-state index contributed by atoms with van der Waals surface area (Å²) in [5.41, 5.74) is 0. The van der Waals surface area contributed by atoms with Gasteiger partial charge >= 0.3 is 0 Å². The summed E-state index contributed by atoms with van der Waals surface area (Å²) >= 11 is 12.3. The van der Waals surface area contributed by atoms with Crippen LogP contribution in [0.15, 0.2) is 6.07 Å². The average molecular weight is 317 g/mol. The molecule has 0 spiro atoms. The molecular weight excluding hydrogens is 295 g/mol. The molecule has 1 fully saturated rings. The van der Waals surface area contributed by atoms with Gasteiger partial charge in [0.25, 0.3) is 0 Å². The predicted octanol–water partition coefficient (Wildman–Crippen LogP) is 5.17. The van der Waals surface area contributed by atoms with E-state index in [1.165, 1.54) is 32.1 Å². The number of nitrogens with one attached hydrogen (secondary N) is 1. The van der Waals surface area contributed by atoms with E-state index in [1.54, 1.807) is 6.07 Å². The molecule has 0 unspecified atom stereocenters. The minimum Gasteiger partial charge on any atom is -0.476 e. The zero-order valence-electron chi connectivity index (χ0n) is 11.9. The van der Waals surface area contributed by atoms with E-state index in [4.69, 9.17) is 27.9 Å². The van der Waals surface area contributed by atoms with Crippen molar-refractivity contribution in [3.05, 3.63) is 16.1 Å². The zero-order chi connectivity index (χ0) is 14.4. The van der Waals surface area contributed by atoms with Gasteiger partial charge in [-0.05, 0) is 31.2 Å². The quantitative estimate of drug-likeness (QED) is 0.786. The average Bonchev–Trinajstić information content (AvgIpc) is 2.46. The van der Waals surface area contributed by atoms with Crippen molar-refractivity contribution in [3.8, 4) is 5.88 Å². The molecule has 0 atom stereocenters. The predicted molar refractivity (Wildman–Crippen MR) is 85.1 cm³/mol. The molecule has 5 heteroatoms. The Bertz CT molecular complexity index is 434. The first-order valence-corrected chi connectivity index (χ1v) is 8.19. The van der Waals surface area contributed by atoms with Crippen LogP contribution in [0.4, 0.5) is 5.82 Å². The van der Waals surface area contributed by atoms with Crippen LogP contribution >= 0.6 is 23.2 Å². The normalized spacial score (nSPS) is 16.1.